The summed E-state index contributed by atoms with van der Waals surface area (Å²) < 4.78 is 18.7. The second-order valence-electron chi connectivity index (χ2n) is 4.36. The number of carbonyl (C=O) groups excluding carboxylic acids is 1. The van der Waals surface area contributed by atoms with Gasteiger partial charge in [-0.1, -0.05) is 0 Å². The van der Waals surface area contributed by atoms with Crippen LogP contribution in [-0.4, -0.2) is 34.9 Å². The molecule has 0 saturated carbocycles. The van der Waals surface area contributed by atoms with Crippen molar-refractivity contribution >= 4 is 17.6 Å². The van der Waals surface area contributed by atoms with Gasteiger partial charge in [-0.2, -0.15) is 8.75 Å². The van der Waals surface area contributed by atoms with Crippen LogP contribution in [0.15, 0.2) is 24.3 Å². The molecular formula is C14H17N3O3S. The van der Waals surface area contributed by atoms with E-state index in [-0.39, 0.29) is 5.91 Å². The van der Waals surface area contributed by atoms with E-state index in [0.717, 1.165) is 11.4 Å². The summed E-state index contributed by atoms with van der Waals surface area (Å²) in [6, 6.07) is 6.98. The van der Waals surface area contributed by atoms with Gasteiger partial charge in [0.15, 0.2) is 0 Å². The van der Waals surface area contributed by atoms with E-state index in [1.165, 1.54) is 11.7 Å². The standard InChI is InChI=1S/C14H17N3O3S/c1-10-13(17-21-16-10)9-20-12-5-3-11(4-6-12)14(18)15-7-8-19-2/h3-6H,7-9H2,1-2H3,(H,15,18). The van der Waals surface area contributed by atoms with Crippen LogP contribution >= 0.6 is 11.7 Å². The topological polar surface area (TPSA) is 73.3 Å². The van der Waals surface area contributed by atoms with Gasteiger partial charge in [-0.15, -0.1) is 0 Å². The van der Waals surface area contributed by atoms with E-state index < -0.39 is 0 Å². The molecule has 0 atom stereocenters. The molecule has 21 heavy (non-hydrogen) atoms. The second kappa shape index (κ2) is 7.70. The lowest BCUT2D eigenvalue weighted by Gasteiger charge is -2.07. The Hall–Kier alpha value is -1.99. The number of aromatic nitrogens is 2. The number of nitrogens with zero attached hydrogens (tertiary/aromatic N) is 2. The molecule has 0 saturated heterocycles. The van der Waals surface area contributed by atoms with Crippen LogP contribution in [0.5, 0.6) is 5.75 Å². The normalized spacial score (nSPS) is 10.4. The Morgan fingerprint density at radius 3 is 2.67 bits per heavy atom. The summed E-state index contributed by atoms with van der Waals surface area (Å²) in [5.41, 5.74) is 2.31. The van der Waals surface area contributed by atoms with E-state index in [2.05, 4.69) is 14.1 Å². The summed E-state index contributed by atoms with van der Waals surface area (Å²) in [4.78, 5) is 11.8. The zero-order valence-corrected chi connectivity index (χ0v) is 12.8. The Bertz CT molecular complexity index is 583. The van der Waals surface area contributed by atoms with Crippen molar-refractivity contribution in [2.75, 3.05) is 20.3 Å². The van der Waals surface area contributed by atoms with Crippen molar-refractivity contribution in [3.05, 3.63) is 41.2 Å². The maximum absolute atomic E-state index is 11.8. The molecule has 6 nitrogen and oxygen atoms in total. The van der Waals surface area contributed by atoms with Crippen molar-refractivity contribution in [1.82, 2.24) is 14.1 Å². The summed E-state index contributed by atoms with van der Waals surface area (Å²) in [5.74, 6) is 0.564. The van der Waals surface area contributed by atoms with Crippen LogP contribution in [-0.2, 0) is 11.3 Å². The first kappa shape index (κ1) is 15.4. The van der Waals surface area contributed by atoms with Crippen molar-refractivity contribution in [3.63, 3.8) is 0 Å². The number of ether oxygens (including phenoxy) is 2. The molecular weight excluding hydrogens is 290 g/mol. The highest BCUT2D eigenvalue weighted by Crippen LogP contribution is 2.15. The van der Waals surface area contributed by atoms with Gasteiger partial charge in [0.2, 0.25) is 0 Å². The Labute approximate surface area is 127 Å². The molecule has 1 heterocycles. The summed E-state index contributed by atoms with van der Waals surface area (Å²) in [5, 5.41) is 2.76. The minimum Gasteiger partial charge on any atom is -0.487 e. The van der Waals surface area contributed by atoms with E-state index in [9.17, 15) is 4.79 Å². The van der Waals surface area contributed by atoms with Crippen LogP contribution in [0.25, 0.3) is 0 Å². The highest BCUT2D eigenvalue weighted by atomic mass is 32.1. The minimum absolute atomic E-state index is 0.127. The maximum Gasteiger partial charge on any atom is 0.251 e. The maximum atomic E-state index is 11.8. The van der Waals surface area contributed by atoms with E-state index in [1.807, 2.05) is 6.92 Å². The van der Waals surface area contributed by atoms with Gasteiger partial charge < -0.3 is 14.8 Å². The fraction of sp³-hybridized carbons (Fsp3) is 0.357. The molecule has 0 unspecified atom stereocenters. The van der Waals surface area contributed by atoms with Crippen LogP contribution in [0.2, 0.25) is 0 Å². The zero-order chi connectivity index (χ0) is 15.1. The largest absolute Gasteiger partial charge is 0.487 e. The first-order valence-corrected chi connectivity index (χ1v) is 7.21. The average Bonchev–Trinajstić information content (AvgIpc) is 2.91. The lowest BCUT2D eigenvalue weighted by molar-refractivity contribution is 0.0937. The molecule has 0 aliphatic rings. The van der Waals surface area contributed by atoms with Gasteiger partial charge in [0.1, 0.15) is 18.1 Å². The number of rotatable bonds is 7. The predicted octanol–water partition coefficient (Wildman–Crippen LogP) is 1.80. The van der Waals surface area contributed by atoms with Crippen molar-refractivity contribution in [1.29, 1.82) is 0 Å². The van der Waals surface area contributed by atoms with Gasteiger partial charge in [-0.05, 0) is 31.2 Å². The predicted molar refractivity (Wildman–Crippen MR) is 79.6 cm³/mol. The molecule has 7 heteroatoms. The highest BCUT2D eigenvalue weighted by molar-refractivity contribution is 6.99. The van der Waals surface area contributed by atoms with Gasteiger partial charge in [0.05, 0.1) is 24.0 Å². The average molecular weight is 307 g/mol. The molecule has 0 bridgehead atoms. The monoisotopic (exact) mass is 307 g/mol. The molecule has 112 valence electrons. The zero-order valence-electron chi connectivity index (χ0n) is 12.0. The molecule has 0 aliphatic carbocycles. The van der Waals surface area contributed by atoms with Gasteiger partial charge in [0, 0.05) is 19.2 Å². The van der Waals surface area contributed by atoms with Crippen molar-refractivity contribution < 1.29 is 14.3 Å². The molecule has 0 radical (unpaired) electrons. The van der Waals surface area contributed by atoms with Crippen LogP contribution < -0.4 is 10.1 Å². The molecule has 1 aromatic carbocycles. The summed E-state index contributed by atoms with van der Waals surface area (Å²) in [6.45, 7) is 3.26. The van der Waals surface area contributed by atoms with Crippen LogP contribution in [0.4, 0.5) is 0 Å². The second-order valence-corrected chi connectivity index (χ2v) is 4.89. The summed E-state index contributed by atoms with van der Waals surface area (Å²) in [7, 11) is 1.60. The number of nitrogens with one attached hydrogen (secondary N) is 1. The van der Waals surface area contributed by atoms with Gasteiger partial charge in [-0.25, -0.2) is 0 Å². The first-order valence-electron chi connectivity index (χ1n) is 6.48. The minimum atomic E-state index is -0.127. The third-order valence-corrected chi connectivity index (χ3v) is 3.49. The Morgan fingerprint density at radius 1 is 1.29 bits per heavy atom. The smallest absolute Gasteiger partial charge is 0.251 e. The number of hydrogen-bond donors (Lipinski definition) is 1. The Kier molecular flexibility index (Phi) is 5.65. The van der Waals surface area contributed by atoms with Crippen molar-refractivity contribution in [2.24, 2.45) is 0 Å². The van der Waals surface area contributed by atoms with Crippen molar-refractivity contribution in [3.8, 4) is 5.75 Å². The third-order valence-electron chi connectivity index (χ3n) is 2.83. The lowest BCUT2D eigenvalue weighted by Crippen LogP contribution is -2.26. The highest BCUT2D eigenvalue weighted by Gasteiger charge is 2.06. The molecule has 1 amide bonds. The molecule has 1 N–H and O–H groups in total. The fourth-order valence-electron chi connectivity index (χ4n) is 1.60. The summed E-state index contributed by atoms with van der Waals surface area (Å²) >= 11 is 1.17. The van der Waals surface area contributed by atoms with E-state index in [1.54, 1.807) is 31.4 Å². The SMILES string of the molecule is COCCNC(=O)c1ccc(OCc2nsnc2C)cc1. The quantitative estimate of drug-likeness (QED) is 0.790. The van der Waals surface area contributed by atoms with Crippen LogP contribution in [0.3, 0.4) is 0 Å². The van der Waals surface area contributed by atoms with Gasteiger partial charge in [-0.3, -0.25) is 4.79 Å². The summed E-state index contributed by atoms with van der Waals surface area (Å²) in [6.07, 6.45) is 0. The van der Waals surface area contributed by atoms with Crippen molar-refractivity contribution in [2.45, 2.75) is 13.5 Å². The first-order chi connectivity index (χ1) is 10.2. The van der Waals surface area contributed by atoms with Gasteiger partial charge >= 0.3 is 0 Å². The van der Waals surface area contributed by atoms with E-state index in [4.69, 9.17) is 9.47 Å². The number of hydrogen-bond acceptors (Lipinski definition) is 6. The van der Waals surface area contributed by atoms with E-state index in [0.29, 0.717) is 31.1 Å². The molecule has 2 aromatic rings. The Balaban J connectivity index is 1.87. The van der Waals surface area contributed by atoms with Gasteiger partial charge in [0.25, 0.3) is 5.91 Å². The molecule has 0 aliphatic heterocycles. The number of methoxy groups -OCH3 is 1. The molecule has 0 fully saturated rings. The number of benzene rings is 1. The van der Waals surface area contributed by atoms with E-state index >= 15 is 0 Å². The molecule has 1 aromatic heterocycles. The van der Waals surface area contributed by atoms with Crippen LogP contribution in [0, 0.1) is 6.92 Å². The lowest BCUT2D eigenvalue weighted by atomic mass is 10.2. The fourth-order valence-corrected chi connectivity index (χ4v) is 2.16. The van der Waals surface area contributed by atoms with Crippen LogP contribution in [0.1, 0.15) is 21.7 Å². The number of carbonyl (C=O) groups is 1. The molecule has 0 spiro atoms. The molecule has 2 rings (SSSR count). The number of amides is 1. The Morgan fingerprint density at radius 2 is 2.05 bits per heavy atom. The number of aryl methyl sites for hydroxylation is 1. The third kappa shape index (κ3) is 4.51.